The van der Waals surface area contributed by atoms with Crippen LogP contribution in [0.4, 0.5) is 0 Å². The summed E-state index contributed by atoms with van der Waals surface area (Å²) < 4.78 is 4.40. The summed E-state index contributed by atoms with van der Waals surface area (Å²) in [4.78, 5) is 4.38. The average molecular weight is 291 g/mol. The van der Waals surface area contributed by atoms with Crippen molar-refractivity contribution >= 4 is 0 Å². The van der Waals surface area contributed by atoms with E-state index < -0.39 is 0 Å². The van der Waals surface area contributed by atoms with Gasteiger partial charge in [0.05, 0.1) is 36.2 Å². The maximum atomic E-state index is 4.38. The lowest BCUT2D eigenvalue weighted by Crippen LogP contribution is -2.30. The maximum absolute atomic E-state index is 4.38. The molecule has 0 spiro atoms. The Morgan fingerprint density at radius 3 is 3.05 bits per heavy atom. The van der Waals surface area contributed by atoms with Crippen molar-refractivity contribution in [2.24, 2.45) is 5.92 Å². The fraction of sp³-hybridized carbons (Fsp3) is 0.353. The zero-order valence-corrected chi connectivity index (χ0v) is 12.4. The van der Waals surface area contributed by atoms with E-state index in [2.05, 4.69) is 55.7 Å². The van der Waals surface area contributed by atoms with Gasteiger partial charge in [0.2, 0.25) is 0 Å². The minimum absolute atomic E-state index is 0.368. The molecule has 0 saturated carbocycles. The number of benzene rings is 1. The lowest BCUT2D eigenvalue weighted by Gasteiger charge is -2.34. The standard InChI is InChI=1S/C17H17N5/c1-11-12(6-7-22-15(11)9-19-20-22)17-14-5-3-2-4-13(14)16-8-18-10-21(16)17/h2-5,8-12,17H,6-7H2,1H3. The van der Waals surface area contributed by atoms with E-state index in [1.54, 1.807) is 0 Å². The molecule has 5 nitrogen and oxygen atoms in total. The zero-order chi connectivity index (χ0) is 14.7. The first kappa shape index (κ1) is 12.1. The second-order valence-electron chi connectivity index (χ2n) is 6.34. The summed E-state index contributed by atoms with van der Waals surface area (Å²) >= 11 is 0. The predicted molar refractivity (Wildman–Crippen MR) is 82.3 cm³/mol. The Hall–Kier alpha value is -2.43. The number of fused-ring (bicyclic) bond motifs is 4. The van der Waals surface area contributed by atoms with Crippen molar-refractivity contribution < 1.29 is 0 Å². The van der Waals surface area contributed by atoms with Gasteiger partial charge in [-0.15, -0.1) is 5.10 Å². The number of hydrogen-bond donors (Lipinski definition) is 0. The van der Waals surface area contributed by atoms with Gasteiger partial charge >= 0.3 is 0 Å². The Bertz CT molecular complexity index is 846. The van der Waals surface area contributed by atoms with Gasteiger partial charge in [0.1, 0.15) is 0 Å². The molecule has 0 aliphatic carbocycles. The van der Waals surface area contributed by atoms with Crippen LogP contribution in [-0.4, -0.2) is 24.5 Å². The third-order valence-electron chi connectivity index (χ3n) is 5.36. The van der Waals surface area contributed by atoms with Crippen molar-refractivity contribution in [3.05, 3.63) is 54.2 Å². The molecule has 0 radical (unpaired) electrons. The second kappa shape index (κ2) is 4.29. The molecular formula is C17H17N5. The van der Waals surface area contributed by atoms with E-state index in [-0.39, 0.29) is 0 Å². The van der Waals surface area contributed by atoms with Gasteiger partial charge in [-0.2, -0.15) is 0 Å². The van der Waals surface area contributed by atoms with Gasteiger partial charge in [-0.05, 0) is 17.9 Å². The fourth-order valence-corrected chi connectivity index (χ4v) is 4.27. The zero-order valence-electron chi connectivity index (χ0n) is 12.4. The van der Waals surface area contributed by atoms with Crippen LogP contribution in [0.3, 0.4) is 0 Å². The smallest absolute Gasteiger partial charge is 0.0956 e. The monoisotopic (exact) mass is 291 g/mol. The first-order valence-corrected chi connectivity index (χ1v) is 7.84. The number of rotatable bonds is 1. The van der Waals surface area contributed by atoms with E-state index in [1.807, 2.05) is 18.7 Å². The van der Waals surface area contributed by atoms with Gasteiger partial charge in [0.15, 0.2) is 0 Å². The third kappa shape index (κ3) is 1.46. The molecule has 0 fully saturated rings. The van der Waals surface area contributed by atoms with Gasteiger partial charge in [-0.25, -0.2) is 9.67 Å². The minimum atomic E-state index is 0.368. The Morgan fingerprint density at radius 2 is 2.09 bits per heavy atom. The van der Waals surface area contributed by atoms with Gasteiger partial charge < -0.3 is 4.57 Å². The summed E-state index contributed by atoms with van der Waals surface area (Å²) in [5.74, 6) is 0.984. The van der Waals surface area contributed by atoms with Crippen molar-refractivity contribution in [3.63, 3.8) is 0 Å². The lowest BCUT2D eigenvalue weighted by molar-refractivity contribution is 0.254. The fourth-order valence-electron chi connectivity index (χ4n) is 4.27. The van der Waals surface area contributed by atoms with Crippen LogP contribution in [0.1, 0.15) is 36.6 Å². The molecule has 3 aromatic rings. The molecule has 5 rings (SSSR count). The Kier molecular flexibility index (Phi) is 2.37. The molecule has 4 heterocycles. The molecule has 0 bridgehead atoms. The molecular weight excluding hydrogens is 274 g/mol. The molecule has 22 heavy (non-hydrogen) atoms. The highest BCUT2D eigenvalue weighted by atomic mass is 15.4. The molecule has 1 aromatic carbocycles. The van der Waals surface area contributed by atoms with Crippen LogP contribution in [0.15, 0.2) is 43.0 Å². The minimum Gasteiger partial charge on any atom is -0.323 e. The summed E-state index contributed by atoms with van der Waals surface area (Å²) in [6.07, 6.45) is 7.01. The van der Waals surface area contributed by atoms with E-state index in [4.69, 9.17) is 0 Å². The van der Waals surface area contributed by atoms with Crippen LogP contribution in [-0.2, 0) is 6.54 Å². The molecule has 110 valence electrons. The molecule has 0 saturated heterocycles. The molecule has 0 N–H and O–H groups in total. The van der Waals surface area contributed by atoms with E-state index in [0.29, 0.717) is 17.9 Å². The summed E-state index contributed by atoms with van der Waals surface area (Å²) in [6, 6.07) is 9.10. The summed E-state index contributed by atoms with van der Waals surface area (Å²) in [5.41, 5.74) is 5.25. The predicted octanol–water partition coefficient (Wildman–Crippen LogP) is 2.87. The molecule has 3 unspecified atom stereocenters. The summed E-state index contributed by atoms with van der Waals surface area (Å²) in [5, 5.41) is 8.28. The molecule has 2 aromatic heterocycles. The van der Waals surface area contributed by atoms with Gasteiger partial charge in [0.25, 0.3) is 0 Å². The van der Waals surface area contributed by atoms with Crippen molar-refractivity contribution in [3.8, 4) is 11.3 Å². The van der Waals surface area contributed by atoms with Crippen molar-refractivity contribution in [2.75, 3.05) is 0 Å². The summed E-state index contributed by atoms with van der Waals surface area (Å²) in [7, 11) is 0. The van der Waals surface area contributed by atoms with Gasteiger partial charge in [-0.3, -0.25) is 0 Å². The SMILES string of the molecule is CC1c2cnnn2CCC1C1c2ccccc2-c2cncn21. The number of aryl methyl sites for hydroxylation is 1. The third-order valence-corrected chi connectivity index (χ3v) is 5.36. The van der Waals surface area contributed by atoms with Crippen LogP contribution in [0.25, 0.3) is 11.3 Å². The largest absolute Gasteiger partial charge is 0.323 e. The quantitative estimate of drug-likeness (QED) is 0.692. The topological polar surface area (TPSA) is 48.5 Å². The number of nitrogens with zero attached hydrogens (tertiary/aromatic N) is 5. The molecule has 3 atom stereocenters. The van der Waals surface area contributed by atoms with E-state index in [9.17, 15) is 0 Å². The summed E-state index contributed by atoms with van der Waals surface area (Å²) in [6.45, 7) is 3.25. The Morgan fingerprint density at radius 1 is 1.18 bits per heavy atom. The van der Waals surface area contributed by atoms with Crippen LogP contribution in [0.5, 0.6) is 0 Å². The van der Waals surface area contributed by atoms with Crippen LogP contribution in [0, 0.1) is 5.92 Å². The van der Waals surface area contributed by atoms with Crippen LogP contribution < -0.4 is 0 Å². The van der Waals surface area contributed by atoms with Crippen molar-refractivity contribution in [1.29, 1.82) is 0 Å². The first-order valence-electron chi connectivity index (χ1n) is 7.84. The highest BCUT2D eigenvalue weighted by Gasteiger charge is 2.39. The second-order valence-corrected chi connectivity index (χ2v) is 6.34. The van der Waals surface area contributed by atoms with E-state index in [0.717, 1.165) is 13.0 Å². The highest BCUT2D eigenvalue weighted by molar-refractivity contribution is 5.69. The van der Waals surface area contributed by atoms with E-state index >= 15 is 0 Å². The van der Waals surface area contributed by atoms with Crippen LogP contribution in [0.2, 0.25) is 0 Å². The molecule has 2 aliphatic rings. The molecule has 0 amide bonds. The van der Waals surface area contributed by atoms with Crippen molar-refractivity contribution in [2.45, 2.75) is 31.8 Å². The number of aromatic nitrogens is 5. The Balaban J connectivity index is 1.65. The highest BCUT2D eigenvalue weighted by Crippen LogP contribution is 2.49. The normalized spacial score (nSPS) is 25.6. The first-order chi connectivity index (χ1) is 10.8. The van der Waals surface area contributed by atoms with Gasteiger partial charge in [-0.1, -0.05) is 36.4 Å². The maximum Gasteiger partial charge on any atom is 0.0956 e. The van der Waals surface area contributed by atoms with Crippen molar-refractivity contribution in [1.82, 2.24) is 24.5 Å². The Labute approximate surface area is 128 Å². The van der Waals surface area contributed by atoms with E-state index in [1.165, 1.54) is 22.5 Å². The number of hydrogen-bond acceptors (Lipinski definition) is 3. The lowest BCUT2D eigenvalue weighted by atomic mass is 9.78. The molecule has 2 aliphatic heterocycles. The van der Waals surface area contributed by atoms with Gasteiger partial charge in [0, 0.05) is 18.0 Å². The van der Waals surface area contributed by atoms with Crippen LogP contribution >= 0.6 is 0 Å². The average Bonchev–Trinajstić information content (AvgIpc) is 3.23. The number of imidazole rings is 1. The molecule has 5 heteroatoms.